The monoisotopic (exact) mass is 461 g/mol. The Morgan fingerprint density at radius 1 is 1.06 bits per heavy atom. The first-order valence-electron chi connectivity index (χ1n) is 12.8. The molecule has 1 N–H and O–H groups in total. The zero-order chi connectivity index (χ0) is 24.0. The maximum absolute atomic E-state index is 11.6. The first-order valence-corrected chi connectivity index (χ1v) is 12.8. The number of hydrogen-bond acceptors (Lipinski definition) is 3. The van der Waals surface area contributed by atoms with Gasteiger partial charge in [-0.3, -0.25) is 4.79 Å². The second kappa shape index (κ2) is 14.2. The van der Waals surface area contributed by atoms with Gasteiger partial charge in [-0.05, 0) is 62.3 Å². The third-order valence-corrected chi connectivity index (χ3v) is 5.98. The maximum atomic E-state index is 11.6. The summed E-state index contributed by atoms with van der Waals surface area (Å²) >= 11 is 0. The van der Waals surface area contributed by atoms with E-state index in [2.05, 4.69) is 46.8 Å². The van der Waals surface area contributed by atoms with E-state index in [1.54, 1.807) is 0 Å². The Balaban J connectivity index is 1.47. The van der Waals surface area contributed by atoms with Crippen molar-refractivity contribution in [1.29, 1.82) is 0 Å². The van der Waals surface area contributed by atoms with Gasteiger partial charge in [-0.1, -0.05) is 49.8 Å². The van der Waals surface area contributed by atoms with Gasteiger partial charge < -0.3 is 14.6 Å². The third kappa shape index (κ3) is 7.75. The lowest BCUT2D eigenvalue weighted by Crippen LogP contribution is -2.23. The van der Waals surface area contributed by atoms with Crippen LogP contribution in [-0.4, -0.2) is 28.6 Å². The van der Waals surface area contributed by atoms with Crippen LogP contribution in [0.25, 0.3) is 11.0 Å². The first-order chi connectivity index (χ1) is 16.7. The Kier molecular flexibility index (Phi) is 10.7. The highest BCUT2D eigenvalue weighted by molar-refractivity contribution is 5.76. The third-order valence-electron chi connectivity index (χ3n) is 5.98. The lowest BCUT2D eigenvalue weighted by atomic mass is 10.1. The number of amides is 1. The summed E-state index contributed by atoms with van der Waals surface area (Å²) in [7, 11) is 0. The maximum Gasteiger partial charge on any atom is 0.219 e. The van der Waals surface area contributed by atoms with Crippen molar-refractivity contribution in [2.24, 2.45) is 0 Å². The molecule has 1 amide bonds. The van der Waals surface area contributed by atoms with Gasteiger partial charge in [-0.2, -0.15) is 0 Å². The van der Waals surface area contributed by atoms with Crippen LogP contribution in [0.5, 0.6) is 5.75 Å². The Morgan fingerprint density at radius 3 is 2.74 bits per heavy atom. The van der Waals surface area contributed by atoms with Gasteiger partial charge in [-0.25, -0.2) is 4.98 Å². The number of carbonyl (C=O) groups excluding carboxylic acids is 1. The first kappa shape index (κ1) is 25.5. The zero-order valence-electron chi connectivity index (χ0n) is 20.6. The van der Waals surface area contributed by atoms with Crippen LogP contribution in [0.1, 0.15) is 63.3 Å². The zero-order valence-corrected chi connectivity index (χ0v) is 20.6. The number of unbranched alkanes of at least 4 members (excludes halogenated alkanes) is 3. The number of rotatable bonds is 16. The summed E-state index contributed by atoms with van der Waals surface area (Å²) in [4.78, 5) is 16.5. The van der Waals surface area contributed by atoms with E-state index in [1.165, 1.54) is 11.1 Å². The van der Waals surface area contributed by atoms with E-state index < -0.39 is 0 Å². The van der Waals surface area contributed by atoms with Crippen molar-refractivity contribution in [3.8, 4) is 5.75 Å². The molecule has 0 bridgehead atoms. The van der Waals surface area contributed by atoms with Crippen LogP contribution in [0.15, 0.2) is 61.2 Å². The summed E-state index contributed by atoms with van der Waals surface area (Å²) in [5, 5.41) is 3.00. The quantitative estimate of drug-likeness (QED) is 0.202. The molecule has 0 atom stereocenters. The Morgan fingerprint density at radius 2 is 1.88 bits per heavy atom. The van der Waals surface area contributed by atoms with Gasteiger partial charge in [0.1, 0.15) is 11.6 Å². The second-order valence-corrected chi connectivity index (χ2v) is 8.74. The van der Waals surface area contributed by atoms with Crippen LogP contribution in [0.2, 0.25) is 0 Å². The van der Waals surface area contributed by atoms with E-state index in [4.69, 9.17) is 9.72 Å². The number of para-hydroxylation sites is 3. The number of aryl methyl sites for hydroxylation is 2. The van der Waals surface area contributed by atoms with Gasteiger partial charge in [0, 0.05) is 25.9 Å². The number of hydrogen-bond donors (Lipinski definition) is 1. The van der Waals surface area contributed by atoms with E-state index in [0.717, 1.165) is 81.5 Å². The number of nitrogens with zero attached hydrogens (tertiary/aromatic N) is 2. The average Bonchev–Trinajstić information content (AvgIpc) is 3.20. The Hall–Kier alpha value is -3.08. The van der Waals surface area contributed by atoms with Crippen molar-refractivity contribution >= 4 is 16.9 Å². The minimum absolute atomic E-state index is 0.164. The average molecular weight is 462 g/mol. The molecule has 0 aliphatic carbocycles. The van der Waals surface area contributed by atoms with Crippen molar-refractivity contribution in [2.45, 2.75) is 71.3 Å². The van der Waals surface area contributed by atoms with Gasteiger partial charge in [0.25, 0.3) is 0 Å². The highest BCUT2D eigenvalue weighted by Crippen LogP contribution is 2.21. The Labute approximate surface area is 204 Å². The fraction of sp³-hybridized carbons (Fsp3) is 0.448. The molecule has 1 heterocycles. The van der Waals surface area contributed by atoms with E-state index >= 15 is 0 Å². The van der Waals surface area contributed by atoms with Crippen LogP contribution in [0, 0.1) is 0 Å². The summed E-state index contributed by atoms with van der Waals surface area (Å²) in [6.07, 6.45) is 10.4. The molecule has 0 aliphatic heterocycles. The molecule has 5 nitrogen and oxygen atoms in total. The van der Waals surface area contributed by atoms with Gasteiger partial charge in [0.2, 0.25) is 5.91 Å². The smallest absolute Gasteiger partial charge is 0.219 e. The number of fused-ring (bicyclic) bond motifs is 1. The molecule has 182 valence electrons. The molecule has 2 aromatic carbocycles. The molecule has 3 aromatic rings. The van der Waals surface area contributed by atoms with Gasteiger partial charge in [-0.15, -0.1) is 6.58 Å². The summed E-state index contributed by atoms with van der Waals surface area (Å²) in [5.74, 6) is 2.29. The molecule has 1 aromatic heterocycles. The summed E-state index contributed by atoms with van der Waals surface area (Å²) < 4.78 is 8.44. The van der Waals surface area contributed by atoms with Crippen LogP contribution < -0.4 is 10.1 Å². The topological polar surface area (TPSA) is 56.1 Å². The molecule has 0 saturated heterocycles. The minimum Gasteiger partial charge on any atom is -0.493 e. The lowest BCUT2D eigenvalue weighted by Gasteiger charge is -2.12. The molecule has 0 radical (unpaired) electrons. The molecule has 0 saturated carbocycles. The SMILES string of the molecule is C=CCc1ccccc1OCCCCn1c(CCCCCNC(=O)CCC)nc2ccccc21. The minimum atomic E-state index is 0.164. The van der Waals surface area contributed by atoms with Gasteiger partial charge in [0.05, 0.1) is 17.6 Å². The number of nitrogens with one attached hydrogen (secondary N) is 1. The van der Waals surface area contributed by atoms with E-state index in [1.807, 2.05) is 31.2 Å². The normalized spacial score (nSPS) is 11.0. The molecule has 5 heteroatoms. The van der Waals surface area contributed by atoms with Crippen LogP contribution in [0.3, 0.4) is 0 Å². The summed E-state index contributed by atoms with van der Waals surface area (Å²) in [6, 6.07) is 16.6. The highest BCUT2D eigenvalue weighted by atomic mass is 16.5. The van der Waals surface area contributed by atoms with Crippen molar-refractivity contribution in [3.63, 3.8) is 0 Å². The molecular formula is C29H39N3O2. The highest BCUT2D eigenvalue weighted by Gasteiger charge is 2.10. The lowest BCUT2D eigenvalue weighted by molar-refractivity contribution is -0.121. The molecule has 3 rings (SSSR count). The van der Waals surface area contributed by atoms with Crippen molar-refractivity contribution in [2.75, 3.05) is 13.2 Å². The molecule has 0 spiro atoms. The molecular weight excluding hydrogens is 422 g/mol. The number of aromatic nitrogens is 2. The predicted octanol–water partition coefficient (Wildman–Crippen LogP) is 6.25. The van der Waals surface area contributed by atoms with Crippen molar-refractivity contribution in [1.82, 2.24) is 14.9 Å². The van der Waals surface area contributed by atoms with Crippen molar-refractivity contribution in [3.05, 3.63) is 72.6 Å². The standard InChI is InChI=1S/C29H39N3O2/c1-3-14-24-16-7-10-19-27(24)34-23-13-12-22-32-26-18-9-8-17-25(26)31-28(32)20-6-5-11-21-30-29(33)15-4-2/h3,7-10,16-19H,1,4-6,11-15,20-23H2,2H3,(H,30,33). The number of carbonyl (C=O) groups is 1. The molecule has 34 heavy (non-hydrogen) atoms. The van der Waals surface area contributed by atoms with E-state index in [9.17, 15) is 4.79 Å². The van der Waals surface area contributed by atoms with Gasteiger partial charge >= 0.3 is 0 Å². The van der Waals surface area contributed by atoms with Crippen LogP contribution in [0.4, 0.5) is 0 Å². The summed E-state index contributed by atoms with van der Waals surface area (Å²) in [5.41, 5.74) is 3.46. The molecule has 0 fully saturated rings. The second-order valence-electron chi connectivity index (χ2n) is 8.74. The van der Waals surface area contributed by atoms with Crippen LogP contribution >= 0.6 is 0 Å². The van der Waals surface area contributed by atoms with Gasteiger partial charge in [0.15, 0.2) is 0 Å². The predicted molar refractivity (Wildman–Crippen MR) is 140 cm³/mol. The molecule has 0 aliphatic rings. The fourth-order valence-corrected chi connectivity index (χ4v) is 4.22. The molecule has 0 unspecified atom stereocenters. The van der Waals surface area contributed by atoms with E-state index in [-0.39, 0.29) is 5.91 Å². The number of imidazole rings is 1. The Bertz CT molecular complexity index is 1040. The van der Waals surface area contributed by atoms with E-state index in [0.29, 0.717) is 13.0 Å². The fourth-order valence-electron chi connectivity index (χ4n) is 4.22. The largest absolute Gasteiger partial charge is 0.493 e. The number of ether oxygens (including phenoxy) is 1. The summed E-state index contributed by atoms with van der Waals surface area (Å²) in [6.45, 7) is 8.29. The number of allylic oxidation sites excluding steroid dienone is 1. The van der Waals surface area contributed by atoms with Crippen molar-refractivity contribution < 1.29 is 9.53 Å². The number of benzene rings is 2. The van der Waals surface area contributed by atoms with Crippen LogP contribution in [-0.2, 0) is 24.2 Å².